The fourth-order valence-corrected chi connectivity index (χ4v) is 8.97. The van der Waals surface area contributed by atoms with E-state index < -0.39 is 0 Å². The van der Waals surface area contributed by atoms with Crippen molar-refractivity contribution in [3.8, 4) is 0 Å². The predicted molar refractivity (Wildman–Crippen MR) is 129 cm³/mol. The summed E-state index contributed by atoms with van der Waals surface area (Å²) in [6.07, 6.45) is 18.6. The summed E-state index contributed by atoms with van der Waals surface area (Å²) in [6.45, 7) is 12.8. The number of hydrogen-bond acceptors (Lipinski definition) is 2. The fraction of sp³-hybridized carbons (Fsp3) is 0.897. The molecule has 31 heavy (non-hydrogen) atoms. The predicted octanol–water partition coefficient (Wildman–Crippen LogP) is 7.61. The molecule has 3 saturated carbocycles. The maximum absolute atomic E-state index is 10.7. The second-order valence-corrected chi connectivity index (χ2v) is 12.7. The average molecular weight is 429 g/mol. The third-order valence-corrected chi connectivity index (χ3v) is 10.7. The number of aldehydes is 1. The van der Waals surface area contributed by atoms with Gasteiger partial charge in [0, 0.05) is 0 Å². The van der Waals surface area contributed by atoms with Crippen LogP contribution in [-0.2, 0) is 9.53 Å². The summed E-state index contributed by atoms with van der Waals surface area (Å²) in [6, 6.07) is 0. The van der Waals surface area contributed by atoms with Gasteiger partial charge in [0.15, 0.2) is 0 Å². The molecule has 4 aliphatic rings. The van der Waals surface area contributed by atoms with Crippen LogP contribution in [0.15, 0.2) is 11.6 Å². The number of carbonyl (C=O) groups is 1. The molecule has 0 radical (unpaired) electrons. The maximum atomic E-state index is 10.7. The van der Waals surface area contributed by atoms with Gasteiger partial charge >= 0.3 is 0 Å². The SMILES string of the molecule is CC(C)CCC[C@@H](C)[C@H]1CCC2[C@@H]3CC=C4C[C@@H](OCC=O)CC[C@]4(C)C3CC[C@@]21C. The van der Waals surface area contributed by atoms with Crippen LogP contribution in [0.4, 0.5) is 0 Å². The van der Waals surface area contributed by atoms with Crippen molar-refractivity contribution in [2.24, 2.45) is 46.3 Å². The van der Waals surface area contributed by atoms with Crippen molar-refractivity contribution in [1.29, 1.82) is 0 Å². The van der Waals surface area contributed by atoms with Crippen LogP contribution in [-0.4, -0.2) is 19.0 Å². The summed E-state index contributed by atoms with van der Waals surface area (Å²) in [5, 5.41) is 0. The van der Waals surface area contributed by atoms with Gasteiger partial charge in [-0.15, -0.1) is 0 Å². The second kappa shape index (κ2) is 9.32. The lowest BCUT2D eigenvalue weighted by Crippen LogP contribution is -2.51. The van der Waals surface area contributed by atoms with E-state index in [2.05, 4.69) is 40.7 Å². The first-order chi connectivity index (χ1) is 14.8. The number of allylic oxidation sites excluding steroid dienone is 1. The molecule has 0 heterocycles. The Balaban J connectivity index is 1.45. The molecule has 2 heteroatoms. The van der Waals surface area contributed by atoms with Crippen molar-refractivity contribution >= 4 is 6.29 Å². The molecule has 8 atom stereocenters. The molecule has 0 bridgehead atoms. The van der Waals surface area contributed by atoms with E-state index in [1.165, 1.54) is 57.8 Å². The van der Waals surface area contributed by atoms with Crippen molar-refractivity contribution in [2.75, 3.05) is 6.61 Å². The molecule has 0 aromatic heterocycles. The number of ether oxygens (including phenoxy) is 1. The second-order valence-electron chi connectivity index (χ2n) is 12.7. The van der Waals surface area contributed by atoms with E-state index in [1.807, 2.05) is 0 Å². The Morgan fingerprint density at radius 3 is 2.61 bits per heavy atom. The Labute approximate surface area is 192 Å². The van der Waals surface area contributed by atoms with Gasteiger partial charge in [0.1, 0.15) is 12.9 Å². The molecule has 2 nitrogen and oxygen atoms in total. The summed E-state index contributed by atoms with van der Waals surface area (Å²) in [4.78, 5) is 10.7. The third-order valence-electron chi connectivity index (χ3n) is 10.7. The largest absolute Gasteiger partial charge is 0.370 e. The zero-order chi connectivity index (χ0) is 22.2. The lowest BCUT2D eigenvalue weighted by molar-refractivity contribution is -0.115. The highest BCUT2D eigenvalue weighted by Crippen LogP contribution is 2.67. The van der Waals surface area contributed by atoms with Gasteiger partial charge in [-0.1, -0.05) is 65.5 Å². The van der Waals surface area contributed by atoms with Gasteiger partial charge in [-0.25, -0.2) is 0 Å². The molecule has 0 aliphatic heterocycles. The molecule has 3 fully saturated rings. The van der Waals surface area contributed by atoms with Crippen molar-refractivity contribution in [2.45, 2.75) is 111 Å². The lowest BCUT2D eigenvalue weighted by Gasteiger charge is -2.58. The van der Waals surface area contributed by atoms with Gasteiger partial charge in [-0.3, -0.25) is 0 Å². The molecule has 0 aromatic carbocycles. The first kappa shape index (κ1) is 23.5. The minimum atomic E-state index is 0.262. The van der Waals surface area contributed by atoms with Gasteiger partial charge < -0.3 is 9.53 Å². The minimum Gasteiger partial charge on any atom is -0.370 e. The van der Waals surface area contributed by atoms with Crippen molar-refractivity contribution in [3.63, 3.8) is 0 Å². The number of fused-ring (bicyclic) bond motifs is 5. The number of carbonyl (C=O) groups excluding carboxylic acids is 1. The van der Waals surface area contributed by atoms with Crippen molar-refractivity contribution in [3.05, 3.63) is 11.6 Å². The van der Waals surface area contributed by atoms with Gasteiger partial charge in [-0.05, 0) is 97.7 Å². The van der Waals surface area contributed by atoms with Crippen LogP contribution in [0.3, 0.4) is 0 Å². The molecule has 0 spiro atoms. The first-order valence-corrected chi connectivity index (χ1v) is 13.5. The van der Waals surface area contributed by atoms with E-state index >= 15 is 0 Å². The maximum Gasteiger partial charge on any atom is 0.145 e. The van der Waals surface area contributed by atoms with E-state index in [4.69, 9.17) is 4.74 Å². The fourth-order valence-electron chi connectivity index (χ4n) is 8.97. The topological polar surface area (TPSA) is 26.3 Å². The molecule has 2 unspecified atom stereocenters. The highest BCUT2D eigenvalue weighted by Gasteiger charge is 2.59. The standard InChI is InChI=1S/C29H48O2/c1-20(2)7-6-8-21(3)25-11-12-26-24-10-9-22-19-23(31-18-17-30)13-15-28(22,4)27(24)14-16-29(25,26)5/h9,17,20-21,23-27H,6-8,10-16,18-19H2,1-5H3/t21-,23+,24+,25-,26?,27?,28+,29-/m1/s1. The normalized spacial score (nSPS) is 43.0. The summed E-state index contributed by atoms with van der Waals surface area (Å²) in [5.41, 5.74) is 2.62. The van der Waals surface area contributed by atoms with Crippen molar-refractivity contribution < 1.29 is 9.53 Å². The number of hydrogen-bond donors (Lipinski definition) is 0. The molecule has 0 amide bonds. The summed E-state index contributed by atoms with van der Waals surface area (Å²) in [7, 11) is 0. The molecule has 0 saturated heterocycles. The highest BCUT2D eigenvalue weighted by molar-refractivity contribution is 5.50. The third kappa shape index (κ3) is 4.32. The first-order valence-electron chi connectivity index (χ1n) is 13.5. The quantitative estimate of drug-likeness (QED) is 0.294. The van der Waals surface area contributed by atoms with Gasteiger partial charge in [0.25, 0.3) is 0 Å². The molecular formula is C29H48O2. The zero-order valence-corrected chi connectivity index (χ0v) is 21.0. The van der Waals surface area contributed by atoms with Crippen LogP contribution >= 0.6 is 0 Å². The Bertz CT molecular complexity index is 666. The van der Waals surface area contributed by atoms with Crippen LogP contribution in [0, 0.1) is 46.3 Å². The Morgan fingerprint density at radius 2 is 1.87 bits per heavy atom. The molecule has 0 aromatic rings. The van der Waals surface area contributed by atoms with E-state index in [1.54, 1.807) is 5.57 Å². The van der Waals surface area contributed by atoms with Crippen LogP contribution in [0.1, 0.15) is 105 Å². The van der Waals surface area contributed by atoms with Crippen molar-refractivity contribution in [1.82, 2.24) is 0 Å². The smallest absolute Gasteiger partial charge is 0.145 e. The Morgan fingerprint density at radius 1 is 1.06 bits per heavy atom. The van der Waals surface area contributed by atoms with E-state index in [0.717, 1.165) is 54.6 Å². The number of rotatable bonds is 8. The van der Waals surface area contributed by atoms with Gasteiger partial charge in [0.2, 0.25) is 0 Å². The lowest BCUT2D eigenvalue weighted by atomic mass is 9.47. The van der Waals surface area contributed by atoms with E-state index in [9.17, 15) is 4.79 Å². The molecule has 176 valence electrons. The van der Waals surface area contributed by atoms with E-state index in [0.29, 0.717) is 10.8 Å². The summed E-state index contributed by atoms with van der Waals surface area (Å²) >= 11 is 0. The monoisotopic (exact) mass is 428 g/mol. The average Bonchev–Trinajstić information content (AvgIpc) is 3.09. The molecular weight excluding hydrogens is 380 g/mol. The minimum absolute atomic E-state index is 0.262. The molecule has 4 aliphatic carbocycles. The van der Waals surface area contributed by atoms with Crippen LogP contribution in [0.25, 0.3) is 0 Å². The summed E-state index contributed by atoms with van der Waals surface area (Å²) in [5.74, 6) is 5.37. The molecule has 4 rings (SSSR count). The van der Waals surface area contributed by atoms with Crippen LogP contribution < -0.4 is 0 Å². The molecule has 0 N–H and O–H groups in total. The summed E-state index contributed by atoms with van der Waals surface area (Å²) < 4.78 is 5.83. The zero-order valence-electron chi connectivity index (χ0n) is 21.0. The highest BCUT2D eigenvalue weighted by atomic mass is 16.5. The Kier molecular flexibility index (Phi) is 7.07. The Hall–Kier alpha value is -0.630. The van der Waals surface area contributed by atoms with Crippen LogP contribution in [0.2, 0.25) is 0 Å². The van der Waals surface area contributed by atoms with Gasteiger partial charge in [0.05, 0.1) is 6.10 Å². The van der Waals surface area contributed by atoms with E-state index in [-0.39, 0.29) is 12.7 Å². The van der Waals surface area contributed by atoms with Crippen LogP contribution in [0.5, 0.6) is 0 Å². The van der Waals surface area contributed by atoms with Gasteiger partial charge in [-0.2, -0.15) is 0 Å².